The van der Waals surface area contributed by atoms with Crippen LogP contribution in [-0.2, 0) is 0 Å². The predicted octanol–water partition coefficient (Wildman–Crippen LogP) is 2.34. The smallest absolute Gasteiger partial charge is 0.132 e. The van der Waals surface area contributed by atoms with Gasteiger partial charge in [-0.2, -0.15) is 0 Å². The van der Waals surface area contributed by atoms with Crippen molar-refractivity contribution >= 4 is 5.82 Å². The van der Waals surface area contributed by atoms with Crippen LogP contribution in [0.1, 0.15) is 50.6 Å². The summed E-state index contributed by atoms with van der Waals surface area (Å²) in [5.74, 6) is 2.59. The van der Waals surface area contributed by atoms with Crippen molar-refractivity contribution in [3.8, 4) is 0 Å². The van der Waals surface area contributed by atoms with Crippen LogP contribution >= 0.6 is 0 Å². The molecular formula is C16H23N3O. The first-order valence-electron chi connectivity index (χ1n) is 7.96. The number of piperidine rings is 1. The van der Waals surface area contributed by atoms with Crippen LogP contribution in [0.5, 0.6) is 0 Å². The molecule has 0 unspecified atom stereocenters. The molecule has 108 valence electrons. The van der Waals surface area contributed by atoms with E-state index in [1.165, 1.54) is 31.4 Å². The SMILES string of the molecule is C[C@@H]1CN(c2cc(C3CC3)ncn2)CC[C@@]1(O)C1CC1. The summed E-state index contributed by atoms with van der Waals surface area (Å²) in [5, 5.41) is 10.8. The molecule has 1 aromatic heterocycles. The van der Waals surface area contributed by atoms with Crippen LogP contribution in [-0.4, -0.2) is 33.8 Å². The van der Waals surface area contributed by atoms with Gasteiger partial charge in [0.05, 0.1) is 5.60 Å². The maximum Gasteiger partial charge on any atom is 0.132 e. The van der Waals surface area contributed by atoms with Gasteiger partial charge < -0.3 is 10.0 Å². The second-order valence-electron chi connectivity index (χ2n) is 6.94. The number of hydrogen-bond acceptors (Lipinski definition) is 4. The van der Waals surface area contributed by atoms with Crippen molar-refractivity contribution in [1.82, 2.24) is 9.97 Å². The summed E-state index contributed by atoms with van der Waals surface area (Å²) in [6.07, 6.45) is 7.54. The Hall–Kier alpha value is -1.16. The maximum absolute atomic E-state index is 10.8. The third kappa shape index (κ3) is 2.10. The second-order valence-corrected chi connectivity index (χ2v) is 6.94. The zero-order valence-corrected chi connectivity index (χ0v) is 12.1. The van der Waals surface area contributed by atoms with E-state index in [2.05, 4.69) is 27.9 Å². The van der Waals surface area contributed by atoms with Crippen LogP contribution in [0.3, 0.4) is 0 Å². The van der Waals surface area contributed by atoms with E-state index in [4.69, 9.17) is 0 Å². The molecule has 2 saturated carbocycles. The number of aromatic nitrogens is 2. The molecule has 1 aliphatic heterocycles. The molecule has 20 heavy (non-hydrogen) atoms. The van der Waals surface area contributed by atoms with Crippen molar-refractivity contribution < 1.29 is 5.11 Å². The monoisotopic (exact) mass is 273 g/mol. The average Bonchev–Trinajstić information content (AvgIpc) is 3.32. The lowest BCUT2D eigenvalue weighted by Gasteiger charge is -2.44. The molecule has 4 heteroatoms. The van der Waals surface area contributed by atoms with E-state index in [0.717, 1.165) is 25.3 Å². The fourth-order valence-electron chi connectivity index (χ4n) is 3.67. The molecule has 0 aromatic carbocycles. The Kier molecular flexibility index (Phi) is 2.78. The van der Waals surface area contributed by atoms with E-state index in [1.54, 1.807) is 6.33 Å². The summed E-state index contributed by atoms with van der Waals surface area (Å²) >= 11 is 0. The van der Waals surface area contributed by atoms with Gasteiger partial charge in [0, 0.05) is 36.7 Å². The van der Waals surface area contributed by atoms with E-state index >= 15 is 0 Å². The molecule has 2 heterocycles. The average molecular weight is 273 g/mol. The van der Waals surface area contributed by atoms with Crippen LogP contribution in [0.25, 0.3) is 0 Å². The maximum atomic E-state index is 10.8. The fourth-order valence-corrected chi connectivity index (χ4v) is 3.67. The van der Waals surface area contributed by atoms with Crippen molar-refractivity contribution in [2.24, 2.45) is 11.8 Å². The van der Waals surface area contributed by atoms with Gasteiger partial charge in [-0.3, -0.25) is 0 Å². The molecular weight excluding hydrogens is 250 g/mol. The van der Waals surface area contributed by atoms with E-state index in [-0.39, 0.29) is 0 Å². The van der Waals surface area contributed by atoms with Gasteiger partial charge in [0.1, 0.15) is 12.1 Å². The minimum absolute atomic E-state index is 0.322. The lowest BCUT2D eigenvalue weighted by molar-refractivity contribution is -0.0470. The van der Waals surface area contributed by atoms with E-state index in [9.17, 15) is 5.11 Å². The Labute approximate surface area is 120 Å². The molecule has 4 rings (SSSR count). The first-order chi connectivity index (χ1) is 9.67. The van der Waals surface area contributed by atoms with Crippen molar-refractivity contribution in [2.75, 3.05) is 18.0 Å². The van der Waals surface area contributed by atoms with Crippen LogP contribution in [0, 0.1) is 11.8 Å². The molecule has 1 saturated heterocycles. The second kappa shape index (κ2) is 4.42. The number of nitrogens with zero attached hydrogens (tertiary/aromatic N) is 3. The quantitative estimate of drug-likeness (QED) is 0.918. The third-order valence-electron chi connectivity index (χ3n) is 5.41. The van der Waals surface area contributed by atoms with E-state index in [0.29, 0.717) is 17.8 Å². The Balaban J connectivity index is 1.51. The number of aliphatic hydroxyl groups is 1. The summed E-state index contributed by atoms with van der Waals surface area (Å²) in [4.78, 5) is 11.2. The normalized spacial score (nSPS) is 34.3. The standard InChI is InChI=1S/C16H23N3O/c1-11-9-19(7-6-16(11,20)13-4-5-13)15-8-14(12-2-3-12)17-10-18-15/h8,10-13,20H,2-7,9H2,1H3/t11-,16+/m1/s1. The number of rotatable bonds is 3. The molecule has 0 amide bonds. The van der Waals surface area contributed by atoms with Crippen LogP contribution in [0.2, 0.25) is 0 Å². The van der Waals surface area contributed by atoms with Gasteiger partial charge in [0.25, 0.3) is 0 Å². The number of hydrogen-bond donors (Lipinski definition) is 1. The molecule has 4 nitrogen and oxygen atoms in total. The number of anilines is 1. The van der Waals surface area contributed by atoms with Gasteiger partial charge in [-0.25, -0.2) is 9.97 Å². The van der Waals surface area contributed by atoms with Crippen LogP contribution in [0.4, 0.5) is 5.82 Å². The summed E-state index contributed by atoms with van der Waals surface area (Å²) in [6.45, 7) is 4.01. The molecule has 3 aliphatic rings. The van der Waals surface area contributed by atoms with Gasteiger partial charge in [0.15, 0.2) is 0 Å². The van der Waals surface area contributed by atoms with E-state index < -0.39 is 5.60 Å². The molecule has 1 aromatic rings. The van der Waals surface area contributed by atoms with Gasteiger partial charge in [-0.05, 0) is 38.0 Å². The molecule has 0 radical (unpaired) electrons. The first kappa shape index (κ1) is 12.6. The highest BCUT2D eigenvalue weighted by Gasteiger charge is 2.49. The topological polar surface area (TPSA) is 49.2 Å². The van der Waals surface area contributed by atoms with Crippen molar-refractivity contribution in [3.63, 3.8) is 0 Å². The van der Waals surface area contributed by atoms with Crippen LogP contribution < -0.4 is 4.90 Å². The highest BCUT2D eigenvalue weighted by molar-refractivity contribution is 5.41. The van der Waals surface area contributed by atoms with Crippen molar-refractivity contribution in [1.29, 1.82) is 0 Å². The molecule has 3 fully saturated rings. The zero-order chi connectivity index (χ0) is 13.7. The fraction of sp³-hybridized carbons (Fsp3) is 0.750. The third-order valence-corrected chi connectivity index (χ3v) is 5.41. The van der Waals surface area contributed by atoms with Crippen LogP contribution in [0.15, 0.2) is 12.4 Å². The lowest BCUT2D eigenvalue weighted by atomic mass is 9.78. The molecule has 0 bridgehead atoms. The molecule has 2 atom stereocenters. The minimum atomic E-state index is -0.428. The van der Waals surface area contributed by atoms with Crippen molar-refractivity contribution in [3.05, 3.63) is 18.1 Å². The predicted molar refractivity (Wildman–Crippen MR) is 77.7 cm³/mol. The van der Waals surface area contributed by atoms with E-state index in [1.807, 2.05) is 0 Å². The summed E-state index contributed by atoms with van der Waals surface area (Å²) < 4.78 is 0. The Morgan fingerprint density at radius 2 is 2.05 bits per heavy atom. The highest BCUT2D eigenvalue weighted by Crippen LogP contribution is 2.48. The molecule has 1 N–H and O–H groups in total. The van der Waals surface area contributed by atoms with Gasteiger partial charge in [0.2, 0.25) is 0 Å². The summed E-state index contributed by atoms with van der Waals surface area (Å²) in [6, 6.07) is 2.16. The first-order valence-corrected chi connectivity index (χ1v) is 7.96. The van der Waals surface area contributed by atoms with Crippen molar-refractivity contribution in [2.45, 2.75) is 50.5 Å². The lowest BCUT2D eigenvalue weighted by Crippen LogP contribution is -2.52. The Morgan fingerprint density at radius 3 is 2.70 bits per heavy atom. The minimum Gasteiger partial charge on any atom is -0.389 e. The van der Waals surface area contributed by atoms with Gasteiger partial charge in [-0.15, -0.1) is 0 Å². The molecule has 2 aliphatic carbocycles. The van der Waals surface area contributed by atoms with Gasteiger partial charge in [-0.1, -0.05) is 6.92 Å². The summed E-state index contributed by atoms with van der Waals surface area (Å²) in [7, 11) is 0. The Morgan fingerprint density at radius 1 is 1.25 bits per heavy atom. The largest absolute Gasteiger partial charge is 0.389 e. The highest BCUT2D eigenvalue weighted by atomic mass is 16.3. The zero-order valence-electron chi connectivity index (χ0n) is 12.1. The molecule has 0 spiro atoms. The summed E-state index contributed by atoms with van der Waals surface area (Å²) in [5.41, 5.74) is 0.772. The van der Waals surface area contributed by atoms with Gasteiger partial charge >= 0.3 is 0 Å². The Bertz CT molecular complexity index is 512.